The van der Waals surface area contributed by atoms with E-state index in [4.69, 9.17) is 10.2 Å². The average molecular weight is 340 g/mol. The SMILES string of the molecule is O.O.O=C(O)c1ccc2c(C(=O)O)c(C(=O)O)ccc2c1C(=O)O. The van der Waals surface area contributed by atoms with E-state index in [1.165, 1.54) is 0 Å². The number of carbonyl (C=O) groups is 4. The van der Waals surface area contributed by atoms with E-state index in [-0.39, 0.29) is 21.7 Å². The molecule has 24 heavy (non-hydrogen) atoms. The number of aromatic carboxylic acids is 4. The number of hydrogen-bond donors (Lipinski definition) is 4. The summed E-state index contributed by atoms with van der Waals surface area (Å²) in [4.78, 5) is 44.8. The molecule has 0 amide bonds. The van der Waals surface area contributed by atoms with Crippen LogP contribution in [-0.4, -0.2) is 55.3 Å². The molecule has 0 spiro atoms. The number of carboxylic acids is 4. The van der Waals surface area contributed by atoms with E-state index in [2.05, 4.69) is 0 Å². The highest BCUT2D eigenvalue weighted by Gasteiger charge is 2.25. The van der Waals surface area contributed by atoms with Crippen LogP contribution in [0.1, 0.15) is 41.4 Å². The third-order valence-corrected chi connectivity index (χ3v) is 3.09. The van der Waals surface area contributed by atoms with Gasteiger partial charge in [-0.3, -0.25) is 0 Å². The summed E-state index contributed by atoms with van der Waals surface area (Å²) < 4.78 is 0. The van der Waals surface area contributed by atoms with Gasteiger partial charge in [0.15, 0.2) is 0 Å². The molecule has 128 valence electrons. The van der Waals surface area contributed by atoms with E-state index in [1.54, 1.807) is 0 Å². The molecule has 0 atom stereocenters. The highest BCUT2D eigenvalue weighted by atomic mass is 16.4. The fraction of sp³-hybridized carbons (Fsp3) is 0. The fourth-order valence-electron chi connectivity index (χ4n) is 2.22. The molecule has 2 rings (SSSR count). The molecule has 2 aromatic rings. The van der Waals surface area contributed by atoms with Gasteiger partial charge in [0.05, 0.1) is 22.3 Å². The standard InChI is InChI=1S/C14H8O8.2H2O/c15-11(16)7-3-1-5-6(10(7)14(21)22)2-4-8(12(17)18)9(5)13(19)20;;/h1-4H,(H,15,16)(H,17,18)(H,19,20)(H,21,22);2*1H2. The summed E-state index contributed by atoms with van der Waals surface area (Å²) in [5.74, 6) is -6.08. The molecule has 8 N–H and O–H groups in total. The molecule has 10 nitrogen and oxygen atoms in total. The maximum Gasteiger partial charge on any atom is 0.337 e. The molecule has 0 fully saturated rings. The van der Waals surface area contributed by atoms with Crippen molar-refractivity contribution in [3.8, 4) is 0 Å². The van der Waals surface area contributed by atoms with Crippen LogP contribution >= 0.6 is 0 Å². The fourth-order valence-corrected chi connectivity index (χ4v) is 2.22. The first-order valence-corrected chi connectivity index (χ1v) is 5.78. The Balaban J connectivity index is 0.00000264. The van der Waals surface area contributed by atoms with Crippen molar-refractivity contribution in [2.45, 2.75) is 0 Å². The zero-order valence-electron chi connectivity index (χ0n) is 11.7. The molecule has 0 heterocycles. The van der Waals surface area contributed by atoms with Crippen LogP contribution in [-0.2, 0) is 0 Å². The van der Waals surface area contributed by atoms with Crippen molar-refractivity contribution in [3.05, 3.63) is 46.5 Å². The van der Waals surface area contributed by atoms with Crippen LogP contribution in [0.3, 0.4) is 0 Å². The zero-order valence-corrected chi connectivity index (χ0v) is 11.7. The van der Waals surface area contributed by atoms with Gasteiger partial charge in [-0.15, -0.1) is 0 Å². The Bertz CT molecular complexity index is 781. The van der Waals surface area contributed by atoms with Crippen molar-refractivity contribution < 1.29 is 50.6 Å². The third kappa shape index (κ3) is 3.14. The largest absolute Gasteiger partial charge is 0.478 e. The predicted molar refractivity (Wildman–Crippen MR) is 79.0 cm³/mol. The summed E-state index contributed by atoms with van der Waals surface area (Å²) in [6, 6.07) is 4.04. The van der Waals surface area contributed by atoms with Gasteiger partial charge in [0.1, 0.15) is 0 Å². The molecule has 10 heteroatoms. The maximum absolute atomic E-state index is 11.3. The van der Waals surface area contributed by atoms with Crippen LogP contribution in [0.2, 0.25) is 0 Å². The second-order valence-corrected chi connectivity index (χ2v) is 4.29. The second-order valence-electron chi connectivity index (χ2n) is 4.29. The van der Waals surface area contributed by atoms with E-state index < -0.39 is 46.1 Å². The van der Waals surface area contributed by atoms with E-state index >= 15 is 0 Å². The minimum Gasteiger partial charge on any atom is -0.478 e. The molecular weight excluding hydrogens is 328 g/mol. The van der Waals surface area contributed by atoms with Gasteiger partial charge in [-0.2, -0.15) is 0 Å². The van der Waals surface area contributed by atoms with E-state index in [9.17, 15) is 29.4 Å². The van der Waals surface area contributed by atoms with Crippen molar-refractivity contribution in [2.75, 3.05) is 0 Å². The van der Waals surface area contributed by atoms with Gasteiger partial charge in [-0.1, -0.05) is 12.1 Å². The Morgan fingerprint density at radius 2 is 0.833 bits per heavy atom. The topological polar surface area (TPSA) is 212 Å². The smallest absolute Gasteiger partial charge is 0.337 e. The first-order chi connectivity index (χ1) is 10.3. The van der Waals surface area contributed by atoms with Crippen molar-refractivity contribution in [3.63, 3.8) is 0 Å². The van der Waals surface area contributed by atoms with Crippen LogP contribution in [0, 0.1) is 0 Å². The number of hydrogen-bond acceptors (Lipinski definition) is 4. The van der Waals surface area contributed by atoms with Gasteiger partial charge < -0.3 is 31.4 Å². The molecule has 0 bridgehead atoms. The molecule has 0 saturated carbocycles. The zero-order chi connectivity index (χ0) is 16.6. The molecule has 2 aromatic carbocycles. The lowest BCUT2D eigenvalue weighted by atomic mass is 9.93. The van der Waals surface area contributed by atoms with Crippen molar-refractivity contribution >= 4 is 34.6 Å². The molecule has 0 unspecified atom stereocenters. The molecule has 0 aromatic heterocycles. The highest BCUT2D eigenvalue weighted by molar-refractivity contribution is 6.18. The molecule has 0 saturated heterocycles. The average Bonchev–Trinajstić information content (AvgIpc) is 2.43. The van der Waals surface area contributed by atoms with E-state index in [1.807, 2.05) is 0 Å². The molecule has 0 aliphatic carbocycles. The van der Waals surface area contributed by atoms with Crippen LogP contribution < -0.4 is 0 Å². The molecule has 0 aliphatic rings. The number of carboxylic acid groups (broad SMARTS) is 4. The summed E-state index contributed by atoms with van der Waals surface area (Å²) in [5.41, 5.74) is -2.22. The predicted octanol–water partition coefficient (Wildman–Crippen LogP) is -0.0168. The van der Waals surface area contributed by atoms with Crippen molar-refractivity contribution in [1.29, 1.82) is 0 Å². The summed E-state index contributed by atoms with van der Waals surface area (Å²) in [6.45, 7) is 0. The quantitative estimate of drug-likeness (QED) is 0.592. The minimum absolute atomic E-state index is 0. The van der Waals surface area contributed by atoms with Crippen LogP contribution in [0.15, 0.2) is 24.3 Å². The monoisotopic (exact) mass is 340 g/mol. The Morgan fingerprint density at radius 1 is 0.542 bits per heavy atom. The summed E-state index contributed by atoms with van der Waals surface area (Å²) in [7, 11) is 0. The number of fused-ring (bicyclic) bond motifs is 1. The van der Waals surface area contributed by atoms with E-state index in [0.29, 0.717) is 0 Å². The van der Waals surface area contributed by atoms with Crippen LogP contribution in [0.5, 0.6) is 0 Å². The van der Waals surface area contributed by atoms with E-state index in [0.717, 1.165) is 24.3 Å². The van der Waals surface area contributed by atoms with Gasteiger partial charge in [-0.05, 0) is 22.9 Å². The maximum atomic E-state index is 11.3. The summed E-state index contributed by atoms with van der Waals surface area (Å²) in [5, 5.41) is 36.1. The highest BCUT2D eigenvalue weighted by Crippen LogP contribution is 2.28. The lowest BCUT2D eigenvalue weighted by molar-refractivity contribution is 0.0651. The van der Waals surface area contributed by atoms with Gasteiger partial charge in [0.25, 0.3) is 0 Å². The molecular formula is C14H12O10. The van der Waals surface area contributed by atoms with Crippen molar-refractivity contribution in [1.82, 2.24) is 0 Å². The first kappa shape index (κ1) is 20.5. The van der Waals surface area contributed by atoms with Crippen LogP contribution in [0.25, 0.3) is 10.8 Å². The third-order valence-electron chi connectivity index (χ3n) is 3.09. The number of benzene rings is 2. The minimum atomic E-state index is -1.55. The Morgan fingerprint density at radius 3 is 1.04 bits per heavy atom. The Hall–Kier alpha value is -3.50. The van der Waals surface area contributed by atoms with Crippen molar-refractivity contribution in [2.24, 2.45) is 0 Å². The Kier molecular flexibility index (Phi) is 6.13. The van der Waals surface area contributed by atoms with Gasteiger partial charge in [-0.25, -0.2) is 19.2 Å². The number of rotatable bonds is 4. The van der Waals surface area contributed by atoms with Crippen LogP contribution in [0.4, 0.5) is 0 Å². The summed E-state index contributed by atoms with van der Waals surface area (Å²) >= 11 is 0. The molecule has 0 radical (unpaired) electrons. The molecule has 0 aliphatic heterocycles. The summed E-state index contributed by atoms with van der Waals surface area (Å²) in [6.07, 6.45) is 0. The Labute approximate surface area is 132 Å². The first-order valence-electron chi connectivity index (χ1n) is 5.78. The van der Waals surface area contributed by atoms with Gasteiger partial charge in [0, 0.05) is 0 Å². The second kappa shape index (κ2) is 7.17. The lowest BCUT2D eigenvalue weighted by Gasteiger charge is -2.10. The normalized spacial score (nSPS) is 9.50. The van der Waals surface area contributed by atoms with Gasteiger partial charge in [0.2, 0.25) is 0 Å². The lowest BCUT2D eigenvalue weighted by Crippen LogP contribution is -2.12. The van der Waals surface area contributed by atoms with Gasteiger partial charge >= 0.3 is 23.9 Å².